The summed E-state index contributed by atoms with van der Waals surface area (Å²) in [4.78, 5) is 15.5. The Kier molecular flexibility index (Phi) is 5.96. The molecule has 0 unspecified atom stereocenters. The van der Waals surface area contributed by atoms with E-state index in [0.717, 1.165) is 10.4 Å². The Morgan fingerprint density at radius 2 is 2.23 bits per heavy atom. The monoisotopic (exact) mass is 371 g/mol. The maximum Gasteiger partial charge on any atom is 0.247 e. The summed E-state index contributed by atoms with van der Waals surface area (Å²) in [5.41, 5.74) is 0.814. The lowest BCUT2D eigenvalue weighted by Crippen LogP contribution is -2.28. The number of fused-ring (bicyclic) bond motifs is 1. The highest BCUT2D eigenvalue weighted by atomic mass is 32.1. The smallest absolute Gasteiger partial charge is 0.247 e. The first-order valence-electron chi connectivity index (χ1n) is 8.29. The quantitative estimate of drug-likeness (QED) is 0.549. The van der Waals surface area contributed by atoms with Gasteiger partial charge in [0.1, 0.15) is 13.2 Å². The van der Waals surface area contributed by atoms with Gasteiger partial charge in [0.05, 0.1) is 13.7 Å². The second-order valence-corrected chi connectivity index (χ2v) is 6.70. The second kappa shape index (κ2) is 8.58. The molecule has 1 aromatic carbocycles. The molecule has 26 heavy (non-hydrogen) atoms. The van der Waals surface area contributed by atoms with Crippen molar-refractivity contribution in [1.29, 1.82) is 0 Å². The van der Waals surface area contributed by atoms with E-state index in [1.807, 2.05) is 29.6 Å². The van der Waals surface area contributed by atoms with Crippen LogP contribution in [0.15, 0.2) is 48.4 Å². The van der Waals surface area contributed by atoms with Crippen molar-refractivity contribution >= 4 is 23.3 Å². The third kappa shape index (κ3) is 4.26. The van der Waals surface area contributed by atoms with Crippen LogP contribution in [0.3, 0.4) is 0 Å². The molecular formula is C20H21NO4S. The Morgan fingerprint density at radius 1 is 1.38 bits per heavy atom. The fraction of sp³-hybridized carbons (Fsp3) is 0.250. The SMILES string of the molecule is C=CCN(Cc1cccs1)C(=O)/C=C/c1cc(OC)c2c(c1)OCCO2. The molecule has 0 N–H and O–H groups in total. The van der Waals surface area contributed by atoms with Gasteiger partial charge < -0.3 is 19.1 Å². The van der Waals surface area contributed by atoms with Crippen LogP contribution in [0.5, 0.6) is 17.2 Å². The molecule has 136 valence electrons. The topological polar surface area (TPSA) is 48.0 Å². The van der Waals surface area contributed by atoms with Crippen LogP contribution in [0.2, 0.25) is 0 Å². The zero-order chi connectivity index (χ0) is 18.4. The molecule has 1 amide bonds. The van der Waals surface area contributed by atoms with Gasteiger partial charge in [0.2, 0.25) is 11.7 Å². The molecule has 2 heterocycles. The molecule has 0 spiro atoms. The maximum absolute atomic E-state index is 12.6. The zero-order valence-electron chi connectivity index (χ0n) is 14.6. The Balaban J connectivity index is 1.76. The van der Waals surface area contributed by atoms with Crippen LogP contribution in [0, 0.1) is 0 Å². The summed E-state index contributed by atoms with van der Waals surface area (Å²) >= 11 is 1.63. The number of carbonyl (C=O) groups excluding carboxylic acids is 1. The Hall–Kier alpha value is -2.73. The molecule has 0 saturated carbocycles. The lowest BCUT2D eigenvalue weighted by molar-refractivity contribution is -0.126. The molecule has 0 fully saturated rings. The second-order valence-electron chi connectivity index (χ2n) is 5.67. The van der Waals surface area contributed by atoms with Crippen molar-refractivity contribution < 1.29 is 19.0 Å². The van der Waals surface area contributed by atoms with Crippen LogP contribution in [-0.2, 0) is 11.3 Å². The Morgan fingerprint density at radius 3 is 2.96 bits per heavy atom. The summed E-state index contributed by atoms with van der Waals surface area (Å²) in [7, 11) is 1.58. The van der Waals surface area contributed by atoms with Crippen LogP contribution in [0.25, 0.3) is 6.08 Å². The number of benzene rings is 1. The fourth-order valence-electron chi connectivity index (χ4n) is 2.64. The van der Waals surface area contributed by atoms with E-state index in [4.69, 9.17) is 14.2 Å². The fourth-order valence-corrected chi connectivity index (χ4v) is 3.36. The molecular weight excluding hydrogens is 350 g/mol. The third-order valence-corrected chi connectivity index (χ3v) is 4.72. The van der Waals surface area contributed by atoms with Crippen LogP contribution in [-0.4, -0.2) is 37.7 Å². The minimum atomic E-state index is -0.0767. The van der Waals surface area contributed by atoms with Crippen molar-refractivity contribution in [3.8, 4) is 17.2 Å². The van der Waals surface area contributed by atoms with Crippen LogP contribution >= 0.6 is 11.3 Å². The summed E-state index contributed by atoms with van der Waals surface area (Å²) in [6.45, 7) is 5.79. The average Bonchev–Trinajstić information content (AvgIpc) is 3.18. The highest BCUT2D eigenvalue weighted by Gasteiger charge is 2.18. The van der Waals surface area contributed by atoms with Crippen molar-refractivity contribution in [3.63, 3.8) is 0 Å². The van der Waals surface area contributed by atoms with Gasteiger partial charge in [0.15, 0.2) is 11.5 Å². The zero-order valence-corrected chi connectivity index (χ0v) is 15.5. The number of hydrogen-bond donors (Lipinski definition) is 0. The first-order chi connectivity index (χ1) is 12.7. The lowest BCUT2D eigenvalue weighted by Gasteiger charge is -2.21. The van der Waals surface area contributed by atoms with Gasteiger partial charge >= 0.3 is 0 Å². The van der Waals surface area contributed by atoms with Gasteiger partial charge in [-0.1, -0.05) is 12.1 Å². The minimum Gasteiger partial charge on any atom is -0.493 e. The molecule has 0 aliphatic carbocycles. The summed E-state index contributed by atoms with van der Waals surface area (Å²) in [5.74, 6) is 1.75. The molecule has 1 aliphatic heterocycles. The maximum atomic E-state index is 12.6. The largest absolute Gasteiger partial charge is 0.493 e. The molecule has 5 nitrogen and oxygen atoms in total. The minimum absolute atomic E-state index is 0.0767. The van der Waals surface area contributed by atoms with E-state index in [2.05, 4.69) is 6.58 Å². The van der Waals surface area contributed by atoms with Crippen LogP contribution in [0.1, 0.15) is 10.4 Å². The van der Waals surface area contributed by atoms with E-state index >= 15 is 0 Å². The van der Waals surface area contributed by atoms with Crippen molar-refractivity contribution in [1.82, 2.24) is 4.90 Å². The number of thiophene rings is 1. The number of ether oxygens (including phenoxy) is 3. The predicted octanol–water partition coefficient (Wildman–Crippen LogP) is 3.76. The Labute approximate surface area is 157 Å². The van der Waals surface area contributed by atoms with E-state index in [-0.39, 0.29) is 5.91 Å². The van der Waals surface area contributed by atoms with Gasteiger partial charge in [-0.25, -0.2) is 0 Å². The van der Waals surface area contributed by atoms with Crippen LogP contribution in [0.4, 0.5) is 0 Å². The summed E-state index contributed by atoms with van der Waals surface area (Å²) in [5, 5.41) is 2.00. The highest BCUT2D eigenvalue weighted by Crippen LogP contribution is 2.40. The number of nitrogens with zero attached hydrogens (tertiary/aromatic N) is 1. The van der Waals surface area contributed by atoms with Crippen molar-refractivity contribution in [2.24, 2.45) is 0 Å². The third-order valence-electron chi connectivity index (χ3n) is 3.86. The highest BCUT2D eigenvalue weighted by molar-refractivity contribution is 7.09. The molecule has 1 aromatic heterocycles. The van der Waals surface area contributed by atoms with E-state index in [1.54, 1.807) is 41.6 Å². The first-order valence-corrected chi connectivity index (χ1v) is 9.17. The normalized spacial score (nSPS) is 12.8. The number of methoxy groups -OCH3 is 1. The summed E-state index contributed by atoms with van der Waals surface area (Å²) < 4.78 is 16.6. The molecule has 0 radical (unpaired) electrons. The van der Waals surface area contributed by atoms with E-state index in [1.165, 1.54) is 0 Å². The summed E-state index contributed by atoms with van der Waals surface area (Å²) in [6, 6.07) is 7.67. The van der Waals surface area contributed by atoms with E-state index < -0.39 is 0 Å². The van der Waals surface area contributed by atoms with Gasteiger partial charge in [0.25, 0.3) is 0 Å². The van der Waals surface area contributed by atoms with Gasteiger partial charge in [0, 0.05) is 17.5 Å². The number of amides is 1. The molecule has 6 heteroatoms. The number of carbonyl (C=O) groups is 1. The molecule has 2 aromatic rings. The standard InChI is InChI=1S/C20H21NO4S/c1-3-8-21(14-16-5-4-11-26-16)19(22)7-6-15-12-17(23-2)20-18(13-15)24-9-10-25-20/h3-7,11-13H,1,8-10,14H2,2H3/b7-6+. The molecule has 0 saturated heterocycles. The van der Waals surface area contributed by atoms with Gasteiger partial charge in [-0.3, -0.25) is 4.79 Å². The first kappa shape index (κ1) is 18.1. The average molecular weight is 371 g/mol. The Bertz CT molecular complexity index is 781. The van der Waals surface area contributed by atoms with Crippen molar-refractivity contribution in [2.45, 2.75) is 6.54 Å². The van der Waals surface area contributed by atoms with Gasteiger partial charge in [-0.2, -0.15) is 0 Å². The van der Waals surface area contributed by atoms with Crippen molar-refractivity contribution in [2.75, 3.05) is 26.9 Å². The number of rotatable bonds is 7. The summed E-state index contributed by atoms with van der Waals surface area (Å²) in [6.07, 6.45) is 5.04. The molecule has 0 atom stereocenters. The molecule has 3 rings (SSSR count). The van der Waals surface area contributed by atoms with Crippen molar-refractivity contribution in [3.05, 3.63) is 58.8 Å². The molecule has 1 aliphatic rings. The molecule has 0 bridgehead atoms. The lowest BCUT2D eigenvalue weighted by atomic mass is 10.1. The predicted molar refractivity (Wildman–Crippen MR) is 103 cm³/mol. The van der Waals surface area contributed by atoms with Gasteiger partial charge in [-0.05, 0) is 35.2 Å². The van der Waals surface area contributed by atoms with Crippen LogP contribution < -0.4 is 14.2 Å². The van der Waals surface area contributed by atoms with Gasteiger partial charge in [-0.15, -0.1) is 17.9 Å². The number of hydrogen-bond acceptors (Lipinski definition) is 5. The van der Waals surface area contributed by atoms with E-state index in [9.17, 15) is 4.79 Å². The van der Waals surface area contributed by atoms with E-state index in [0.29, 0.717) is 43.6 Å².